The minimum atomic E-state index is -0.0744. The van der Waals surface area contributed by atoms with Crippen LogP contribution >= 0.6 is 11.6 Å². The molecule has 2 aromatic rings. The van der Waals surface area contributed by atoms with Crippen LogP contribution in [-0.4, -0.2) is 36.7 Å². The van der Waals surface area contributed by atoms with Crippen molar-refractivity contribution in [1.82, 2.24) is 10.3 Å². The fourth-order valence-corrected chi connectivity index (χ4v) is 3.19. The molecule has 1 saturated heterocycles. The van der Waals surface area contributed by atoms with Crippen molar-refractivity contribution in [2.45, 2.75) is 25.9 Å². The van der Waals surface area contributed by atoms with Crippen molar-refractivity contribution in [1.29, 1.82) is 0 Å². The first-order chi connectivity index (χ1) is 13.2. The Morgan fingerprint density at radius 2 is 1.93 bits per heavy atom. The third-order valence-corrected chi connectivity index (χ3v) is 4.63. The number of nitrogens with zero attached hydrogens (tertiary/aromatic N) is 2. The predicted octanol–water partition coefficient (Wildman–Crippen LogP) is 3.86. The lowest BCUT2D eigenvalue weighted by molar-refractivity contribution is -0.122. The zero-order chi connectivity index (χ0) is 18.9. The number of nitrogens with one attached hydrogen (secondary N) is 1. The summed E-state index contributed by atoms with van der Waals surface area (Å²) in [6, 6.07) is 15.1. The van der Waals surface area contributed by atoms with Crippen LogP contribution < -0.4 is 10.2 Å². The maximum Gasteiger partial charge on any atom is 0.254 e. The quantitative estimate of drug-likeness (QED) is 0.581. The van der Waals surface area contributed by atoms with Crippen LogP contribution in [0.5, 0.6) is 5.75 Å². The van der Waals surface area contributed by atoms with Gasteiger partial charge in [-0.25, -0.2) is 5.43 Å². The van der Waals surface area contributed by atoms with E-state index in [4.69, 9.17) is 16.3 Å². The summed E-state index contributed by atoms with van der Waals surface area (Å²) in [7, 11) is 0. The van der Waals surface area contributed by atoms with Gasteiger partial charge in [0.15, 0.2) is 0 Å². The van der Waals surface area contributed by atoms with Gasteiger partial charge in [0.25, 0.3) is 5.91 Å². The molecule has 0 aromatic heterocycles. The number of likely N-dealkylation sites (tertiary alicyclic amines) is 1. The van der Waals surface area contributed by atoms with Gasteiger partial charge < -0.3 is 4.74 Å². The third-order valence-electron chi connectivity index (χ3n) is 4.39. The standard InChI is InChI=1S/C21H24ClN3O2/c22-19-6-4-5-18(13-19)16-27-20-9-7-17(8-10-20)14-23-24-21(26)15-25-11-2-1-3-12-25/h4-10,13-14H,1-3,11-12,15-16H2,(H,24,26)/b23-14-. The van der Waals surface area contributed by atoms with Crippen LogP contribution in [0.1, 0.15) is 30.4 Å². The van der Waals surface area contributed by atoms with E-state index in [1.165, 1.54) is 19.3 Å². The molecular weight excluding hydrogens is 362 g/mol. The summed E-state index contributed by atoms with van der Waals surface area (Å²) in [5.74, 6) is 0.691. The van der Waals surface area contributed by atoms with Crippen LogP contribution in [0.4, 0.5) is 0 Å². The summed E-state index contributed by atoms with van der Waals surface area (Å²) in [5, 5.41) is 4.73. The molecule has 0 radical (unpaired) electrons. The highest BCUT2D eigenvalue weighted by Crippen LogP contribution is 2.16. The molecular formula is C21H24ClN3O2. The second kappa shape index (κ2) is 10.1. The maximum atomic E-state index is 11.9. The van der Waals surface area contributed by atoms with Gasteiger partial charge in [-0.3, -0.25) is 9.69 Å². The average Bonchev–Trinajstić information content (AvgIpc) is 2.68. The van der Waals surface area contributed by atoms with Crippen LogP contribution in [-0.2, 0) is 11.4 Å². The van der Waals surface area contributed by atoms with E-state index in [2.05, 4.69) is 15.4 Å². The summed E-state index contributed by atoms with van der Waals surface area (Å²) < 4.78 is 5.75. The first-order valence-corrected chi connectivity index (χ1v) is 9.58. The molecule has 1 aliphatic heterocycles. The summed E-state index contributed by atoms with van der Waals surface area (Å²) in [4.78, 5) is 14.1. The van der Waals surface area contributed by atoms with Gasteiger partial charge in [0.2, 0.25) is 0 Å². The molecule has 0 spiro atoms. The molecule has 142 valence electrons. The van der Waals surface area contributed by atoms with E-state index in [9.17, 15) is 4.79 Å². The Morgan fingerprint density at radius 1 is 1.15 bits per heavy atom. The number of rotatable bonds is 7. The van der Waals surface area contributed by atoms with Crippen molar-refractivity contribution < 1.29 is 9.53 Å². The number of benzene rings is 2. The molecule has 0 aliphatic carbocycles. The van der Waals surface area contributed by atoms with Crippen LogP contribution in [0.15, 0.2) is 53.6 Å². The van der Waals surface area contributed by atoms with Crippen molar-refractivity contribution in [3.8, 4) is 5.75 Å². The van der Waals surface area contributed by atoms with Crippen molar-refractivity contribution in [3.63, 3.8) is 0 Å². The molecule has 1 N–H and O–H groups in total. The number of ether oxygens (including phenoxy) is 1. The minimum Gasteiger partial charge on any atom is -0.489 e. The second-order valence-electron chi connectivity index (χ2n) is 6.62. The summed E-state index contributed by atoms with van der Waals surface area (Å²) in [5.41, 5.74) is 4.50. The van der Waals surface area contributed by atoms with Crippen molar-refractivity contribution >= 4 is 23.7 Å². The number of hydrazone groups is 1. The fraction of sp³-hybridized carbons (Fsp3) is 0.333. The van der Waals surface area contributed by atoms with Gasteiger partial charge in [0.05, 0.1) is 12.8 Å². The van der Waals surface area contributed by atoms with E-state index in [1.54, 1.807) is 6.21 Å². The first-order valence-electron chi connectivity index (χ1n) is 9.20. The molecule has 0 atom stereocenters. The lowest BCUT2D eigenvalue weighted by Gasteiger charge is -2.25. The largest absolute Gasteiger partial charge is 0.489 e. The molecule has 5 nitrogen and oxygen atoms in total. The highest BCUT2D eigenvalue weighted by Gasteiger charge is 2.13. The van der Waals surface area contributed by atoms with Gasteiger partial charge in [-0.05, 0) is 73.5 Å². The van der Waals surface area contributed by atoms with Crippen LogP contribution in [0.25, 0.3) is 0 Å². The van der Waals surface area contributed by atoms with E-state index < -0.39 is 0 Å². The molecule has 27 heavy (non-hydrogen) atoms. The number of hydrogen-bond donors (Lipinski definition) is 1. The van der Waals surface area contributed by atoms with Gasteiger partial charge in [0.1, 0.15) is 12.4 Å². The smallest absolute Gasteiger partial charge is 0.254 e. The Labute approximate surface area is 165 Å². The van der Waals surface area contributed by atoms with Crippen molar-refractivity contribution in [3.05, 3.63) is 64.7 Å². The molecule has 1 heterocycles. The number of hydrogen-bond acceptors (Lipinski definition) is 4. The monoisotopic (exact) mass is 385 g/mol. The molecule has 1 aliphatic rings. The maximum absolute atomic E-state index is 11.9. The van der Waals surface area contributed by atoms with E-state index in [0.29, 0.717) is 18.2 Å². The lowest BCUT2D eigenvalue weighted by atomic mass is 10.1. The Hall–Kier alpha value is -2.37. The zero-order valence-electron chi connectivity index (χ0n) is 15.2. The van der Waals surface area contributed by atoms with Gasteiger partial charge >= 0.3 is 0 Å². The first kappa shape index (κ1) is 19.4. The zero-order valence-corrected chi connectivity index (χ0v) is 16.0. The Morgan fingerprint density at radius 3 is 2.67 bits per heavy atom. The summed E-state index contributed by atoms with van der Waals surface area (Å²) in [6.45, 7) is 2.86. The number of amides is 1. The van der Waals surface area contributed by atoms with Gasteiger partial charge in [-0.1, -0.05) is 30.2 Å². The Balaban J connectivity index is 1.42. The lowest BCUT2D eigenvalue weighted by Crippen LogP contribution is -2.38. The van der Waals surface area contributed by atoms with Crippen LogP contribution in [0.2, 0.25) is 5.02 Å². The topological polar surface area (TPSA) is 53.9 Å². The Kier molecular flexibility index (Phi) is 7.25. The SMILES string of the molecule is O=C(CN1CCCCC1)N/N=C\c1ccc(OCc2cccc(Cl)c2)cc1. The molecule has 6 heteroatoms. The van der Waals surface area contributed by atoms with Gasteiger partial charge in [0, 0.05) is 5.02 Å². The molecule has 1 amide bonds. The average molecular weight is 386 g/mol. The molecule has 0 bridgehead atoms. The highest BCUT2D eigenvalue weighted by atomic mass is 35.5. The van der Waals surface area contributed by atoms with Gasteiger partial charge in [-0.2, -0.15) is 5.10 Å². The van der Waals surface area contributed by atoms with Crippen molar-refractivity contribution in [2.75, 3.05) is 19.6 Å². The number of carbonyl (C=O) groups is 1. The number of piperidine rings is 1. The van der Waals surface area contributed by atoms with E-state index >= 15 is 0 Å². The fourth-order valence-electron chi connectivity index (χ4n) is 2.98. The molecule has 0 unspecified atom stereocenters. The highest BCUT2D eigenvalue weighted by molar-refractivity contribution is 6.30. The molecule has 1 fully saturated rings. The molecule has 0 saturated carbocycles. The van der Waals surface area contributed by atoms with E-state index in [0.717, 1.165) is 30.0 Å². The predicted molar refractivity (Wildman–Crippen MR) is 108 cm³/mol. The molecule has 3 rings (SSSR count). The summed E-state index contributed by atoms with van der Waals surface area (Å²) in [6.07, 6.45) is 5.23. The van der Waals surface area contributed by atoms with Crippen LogP contribution in [0, 0.1) is 0 Å². The normalized spacial score (nSPS) is 15.0. The second-order valence-corrected chi connectivity index (χ2v) is 7.05. The van der Waals surface area contributed by atoms with E-state index in [-0.39, 0.29) is 5.91 Å². The van der Waals surface area contributed by atoms with Gasteiger partial charge in [-0.15, -0.1) is 0 Å². The molecule has 2 aromatic carbocycles. The van der Waals surface area contributed by atoms with E-state index in [1.807, 2.05) is 48.5 Å². The summed E-state index contributed by atoms with van der Waals surface area (Å²) >= 11 is 5.97. The Bertz CT molecular complexity index is 771. The third kappa shape index (κ3) is 6.70. The number of halogens is 1. The van der Waals surface area contributed by atoms with Crippen LogP contribution in [0.3, 0.4) is 0 Å². The minimum absolute atomic E-state index is 0.0744. The number of carbonyl (C=O) groups excluding carboxylic acids is 1. The van der Waals surface area contributed by atoms with Crippen molar-refractivity contribution in [2.24, 2.45) is 5.10 Å².